The van der Waals surface area contributed by atoms with Gasteiger partial charge in [0, 0.05) is 38.5 Å². The monoisotopic (exact) mass is 861 g/mol. The fourth-order valence-corrected chi connectivity index (χ4v) is 8.77. The number of fused-ring (bicyclic) bond motifs is 8. The van der Waals surface area contributed by atoms with Crippen LogP contribution in [0.2, 0.25) is 0 Å². The van der Waals surface area contributed by atoms with E-state index in [-0.39, 0.29) is 10.8 Å². The average molecular weight is 862 g/mol. The van der Waals surface area contributed by atoms with Gasteiger partial charge < -0.3 is 28.3 Å². The van der Waals surface area contributed by atoms with E-state index >= 15 is 0 Å². The first kappa shape index (κ1) is 42.4. The van der Waals surface area contributed by atoms with Crippen molar-refractivity contribution in [3.8, 4) is 40.2 Å². The van der Waals surface area contributed by atoms with E-state index in [9.17, 15) is 13.2 Å². The summed E-state index contributed by atoms with van der Waals surface area (Å²) in [5.41, 5.74) is 3.99. The van der Waals surface area contributed by atoms with Crippen molar-refractivity contribution in [1.82, 2.24) is 4.57 Å². The average Bonchev–Trinajstić information content (AvgIpc) is 3.63. The highest BCUT2D eigenvalue weighted by Gasteiger charge is 2.40. The molecule has 64 heavy (non-hydrogen) atoms. The summed E-state index contributed by atoms with van der Waals surface area (Å²) in [5.74, 6) is 3.52. The lowest BCUT2D eigenvalue weighted by atomic mass is 9.80. The lowest BCUT2D eigenvalue weighted by Gasteiger charge is -2.37. The Labute approximate surface area is 371 Å². The van der Waals surface area contributed by atoms with Crippen LogP contribution in [0.25, 0.3) is 44.3 Å². The Morgan fingerprint density at radius 3 is 1.67 bits per heavy atom. The van der Waals surface area contributed by atoms with Gasteiger partial charge in [-0.15, -0.1) is 0 Å². The maximum Gasteiger partial charge on any atom is 0.416 e. The summed E-state index contributed by atoms with van der Waals surface area (Å²) >= 11 is 0. The van der Waals surface area contributed by atoms with Crippen LogP contribution in [0.3, 0.4) is 0 Å². The molecule has 0 aliphatic carbocycles. The lowest BCUT2D eigenvalue weighted by Crippen LogP contribution is -2.34. The largest absolute Gasteiger partial charge is 0.497 e. The maximum atomic E-state index is 14.7. The van der Waals surface area contributed by atoms with Gasteiger partial charge >= 0.3 is 6.18 Å². The predicted molar refractivity (Wildman–Crippen MR) is 250 cm³/mol. The highest BCUT2D eigenvalue weighted by Crippen LogP contribution is 2.53. The molecular weight excluding hydrogens is 812 g/mol. The number of benzene rings is 7. The van der Waals surface area contributed by atoms with Crippen molar-refractivity contribution in [1.29, 1.82) is 0 Å². The molecule has 0 saturated heterocycles. The minimum absolute atomic E-state index is 0.268. The van der Waals surface area contributed by atoms with E-state index in [0.717, 1.165) is 44.5 Å². The molecule has 0 saturated carbocycles. The van der Waals surface area contributed by atoms with Crippen LogP contribution in [-0.2, 0) is 22.6 Å². The van der Waals surface area contributed by atoms with Crippen LogP contribution < -0.4 is 23.7 Å². The summed E-state index contributed by atoms with van der Waals surface area (Å²) in [6, 6.07) is 39.4. The number of halogens is 3. The first-order chi connectivity index (χ1) is 30.4. The number of hydrogen-bond acceptors (Lipinski definition) is 5. The zero-order valence-corrected chi connectivity index (χ0v) is 37.4. The van der Waals surface area contributed by atoms with Crippen LogP contribution >= 0.6 is 0 Å². The number of nitrogens with zero attached hydrogens (tertiary/aromatic N) is 1. The quantitative estimate of drug-likeness (QED) is 0.152. The Kier molecular flexibility index (Phi) is 10.2. The topological polar surface area (TPSA) is 51.1 Å². The summed E-state index contributed by atoms with van der Waals surface area (Å²) in [5, 5.41) is 2.86. The molecule has 0 bridgehead atoms. The van der Waals surface area contributed by atoms with Crippen LogP contribution in [0, 0.1) is 0 Å². The highest BCUT2D eigenvalue weighted by atomic mass is 19.4. The lowest BCUT2D eigenvalue weighted by molar-refractivity contribution is -0.137. The van der Waals surface area contributed by atoms with Gasteiger partial charge in [-0.2, -0.15) is 13.2 Å². The maximum absolute atomic E-state index is 14.7. The summed E-state index contributed by atoms with van der Waals surface area (Å²) in [4.78, 5) is 0. The zero-order valence-electron chi connectivity index (χ0n) is 37.4. The van der Waals surface area contributed by atoms with Crippen LogP contribution in [0.1, 0.15) is 74.9 Å². The van der Waals surface area contributed by atoms with Crippen molar-refractivity contribution in [2.24, 2.45) is 0 Å². The summed E-state index contributed by atoms with van der Waals surface area (Å²) in [6.07, 6.45) is -0.472. The molecule has 0 N–H and O–H groups in total. The SMILES string of the molecule is COc1ccc(Oc2ccc(C3(c4ccccc4)C=Cc4c(c5cc(OC)c(OC)cc5c5c6ccc(C(F)(F)F)cc6n(-c6cc(C(C)(C)C)cc(C(C)(C)C)c6)c45)O3)cc2)cc1. The fourth-order valence-electron chi connectivity index (χ4n) is 8.77. The fraction of sp³-hybridized carbons (Fsp3) is 0.236. The molecule has 326 valence electrons. The number of ether oxygens (including phenoxy) is 5. The van der Waals surface area contributed by atoms with Crippen LogP contribution in [0.4, 0.5) is 13.2 Å². The van der Waals surface area contributed by atoms with Crippen molar-refractivity contribution in [2.75, 3.05) is 21.3 Å². The van der Waals surface area contributed by atoms with Gasteiger partial charge in [0.25, 0.3) is 0 Å². The van der Waals surface area contributed by atoms with E-state index in [4.69, 9.17) is 23.7 Å². The molecule has 6 nitrogen and oxygen atoms in total. The van der Waals surface area contributed by atoms with E-state index in [2.05, 4.69) is 65.8 Å². The molecular formula is C55H50F3NO5. The van der Waals surface area contributed by atoms with Crippen LogP contribution in [-0.4, -0.2) is 25.9 Å². The summed E-state index contributed by atoms with van der Waals surface area (Å²) in [6.45, 7) is 12.9. The Hall–Kier alpha value is -6.87. The standard InChI is InChI=1S/C55H50F3NO5/c1-52(2,3)36-27-37(53(4,5)6)29-38(28-36)59-46-30-35(55(56,57)58)17-24-42(46)49-44-31-47(61-8)48(62-9)32-45(44)51-43(50(49)59)25-26-54(64-51,33-13-11-10-12-14-33)34-15-18-40(19-16-34)63-41-22-20-39(60-7)21-23-41/h10-32H,1-9H3. The van der Waals surface area contributed by atoms with E-state index in [1.165, 1.54) is 12.1 Å². The van der Waals surface area contributed by atoms with Crippen LogP contribution in [0.5, 0.6) is 34.5 Å². The Balaban J connectivity index is 1.37. The van der Waals surface area contributed by atoms with E-state index in [1.807, 2.05) is 102 Å². The number of alkyl halides is 3. The number of aromatic nitrogens is 1. The van der Waals surface area contributed by atoms with Crippen molar-refractivity contribution >= 4 is 38.7 Å². The zero-order chi connectivity index (χ0) is 45.3. The second-order valence-corrected chi connectivity index (χ2v) is 18.4. The molecule has 1 aliphatic rings. The molecule has 1 atom stereocenters. The first-order valence-electron chi connectivity index (χ1n) is 21.2. The first-order valence-corrected chi connectivity index (χ1v) is 21.2. The molecule has 0 spiro atoms. The van der Waals surface area contributed by atoms with Gasteiger partial charge in [0.15, 0.2) is 17.1 Å². The smallest absolute Gasteiger partial charge is 0.416 e. The molecule has 1 unspecified atom stereocenters. The molecule has 1 aromatic heterocycles. The molecule has 7 aromatic carbocycles. The van der Waals surface area contributed by atoms with E-state index in [0.29, 0.717) is 56.1 Å². The Morgan fingerprint density at radius 1 is 0.547 bits per heavy atom. The Morgan fingerprint density at radius 2 is 1.11 bits per heavy atom. The van der Waals surface area contributed by atoms with Crippen molar-refractivity contribution in [3.05, 3.63) is 167 Å². The van der Waals surface area contributed by atoms with E-state index < -0.39 is 17.3 Å². The van der Waals surface area contributed by atoms with Gasteiger partial charge in [-0.25, -0.2) is 0 Å². The third-order valence-electron chi connectivity index (χ3n) is 12.3. The second kappa shape index (κ2) is 15.4. The number of rotatable bonds is 8. The third kappa shape index (κ3) is 7.26. The summed E-state index contributed by atoms with van der Waals surface area (Å²) < 4.78 is 77.1. The normalized spacial score (nSPS) is 15.3. The molecule has 9 rings (SSSR count). The molecule has 2 heterocycles. The van der Waals surface area contributed by atoms with Gasteiger partial charge in [-0.3, -0.25) is 0 Å². The Bertz CT molecular complexity index is 3070. The minimum Gasteiger partial charge on any atom is -0.497 e. The molecule has 1 aliphatic heterocycles. The van der Waals surface area contributed by atoms with Crippen LogP contribution in [0.15, 0.2) is 133 Å². The highest BCUT2D eigenvalue weighted by molar-refractivity contribution is 6.25. The third-order valence-corrected chi connectivity index (χ3v) is 12.3. The van der Waals surface area contributed by atoms with Gasteiger partial charge in [0.1, 0.15) is 23.0 Å². The molecule has 0 radical (unpaired) electrons. The number of methoxy groups -OCH3 is 3. The summed E-state index contributed by atoms with van der Waals surface area (Å²) in [7, 11) is 4.78. The van der Waals surface area contributed by atoms with Crippen molar-refractivity contribution < 1.29 is 36.9 Å². The molecule has 0 fully saturated rings. The van der Waals surface area contributed by atoms with Crippen molar-refractivity contribution in [2.45, 2.75) is 64.1 Å². The number of hydrogen-bond donors (Lipinski definition) is 0. The van der Waals surface area contributed by atoms with E-state index in [1.54, 1.807) is 27.4 Å². The molecule has 8 aromatic rings. The van der Waals surface area contributed by atoms with Gasteiger partial charge in [-0.05, 0) is 112 Å². The molecule has 9 heteroatoms. The second-order valence-electron chi connectivity index (χ2n) is 18.4. The molecule has 0 amide bonds. The predicted octanol–water partition coefficient (Wildman–Crippen LogP) is 14.7. The van der Waals surface area contributed by atoms with Gasteiger partial charge in [-0.1, -0.05) is 96.1 Å². The minimum atomic E-state index is -4.58. The van der Waals surface area contributed by atoms with Crippen molar-refractivity contribution in [3.63, 3.8) is 0 Å². The van der Waals surface area contributed by atoms with Gasteiger partial charge in [0.05, 0.1) is 37.9 Å². The van der Waals surface area contributed by atoms with Gasteiger partial charge in [0.2, 0.25) is 0 Å².